The molecule has 0 radical (unpaired) electrons. The number of amides is 2. The fourth-order valence-electron chi connectivity index (χ4n) is 3.37. The number of aromatic nitrogens is 4. The minimum atomic E-state index is 0.00450. The van der Waals surface area contributed by atoms with Gasteiger partial charge in [-0.15, -0.1) is 0 Å². The monoisotopic (exact) mass is 358 g/mol. The summed E-state index contributed by atoms with van der Waals surface area (Å²) in [6.07, 6.45) is 8.41. The van der Waals surface area contributed by atoms with E-state index in [0.717, 1.165) is 30.5 Å². The highest BCUT2D eigenvalue weighted by Crippen LogP contribution is 2.13. The molecule has 1 aliphatic rings. The third-order valence-electron chi connectivity index (χ3n) is 4.79. The molecule has 8 nitrogen and oxygen atoms in total. The van der Waals surface area contributed by atoms with E-state index < -0.39 is 0 Å². The lowest BCUT2D eigenvalue weighted by Crippen LogP contribution is -2.37. The van der Waals surface area contributed by atoms with E-state index in [1.54, 1.807) is 17.1 Å². The first-order valence-corrected chi connectivity index (χ1v) is 9.09. The van der Waals surface area contributed by atoms with Crippen LogP contribution in [0.4, 0.5) is 0 Å². The van der Waals surface area contributed by atoms with Crippen molar-refractivity contribution in [2.45, 2.75) is 32.6 Å². The molecule has 1 aliphatic heterocycles. The molecule has 0 aliphatic carbocycles. The molecule has 1 fully saturated rings. The van der Waals surface area contributed by atoms with E-state index in [-0.39, 0.29) is 11.8 Å². The van der Waals surface area contributed by atoms with Crippen molar-refractivity contribution in [3.05, 3.63) is 35.4 Å². The summed E-state index contributed by atoms with van der Waals surface area (Å²) in [7, 11) is 1.82. The number of hydrogen-bond acceptors (Lipinski definition) is 4. The van der Waals surface area contributed by atoms with Crippen molar-refractivity contribution in [2.24, 2.45) is 7.05 Å². The zero-order valence-corrected chi connectivity index (χ0v) is 15.4. The molecule has 8 heteroatoms. The molecule has 3 heterocycles. The summed E-state index contributed by atoms with van der Waals surface area (Å²) in [5.41, 5.74) is 2.51. The number of nitrogens with one attached hydrogen (secondary N) is 1. The Bertz CT molecular complexity index is 752. The second-order valence-electron chi connectivity index (χ2n) is 6.79. The zero-order valence-electron chi connectivity index (χ0n) is 15.4. The summed E-state index contributed by atoms with van der Waals surface area (Å²) < 4.78 is 1.66. The first-order valence-electron chi connectivity index (χ1n) is 9.09. The number of aromatic amines is 1. The Morgan fingerprint density at radius 1 is 1.19 bits per heavy atom. The van der Waals surface area contributed by atoms with Crippen LogP contribution in [0.25, 0.3) is 0 Å². The molecule has 1 N–H and O–H groups in total. The second-order valence-corrected chi connectivity index (χ2v) is 6.79. The number of rotatable bonds is 5. The standard InChI is InChI=1S/C18H26N6O2/c1-14-16(13-22(2)21-14)18(26)24-8-4-7-23(9-10-24)17(25)6-3-5-15-11-19-20-12-15/h11-13H,3-10H2,1-2H3,(H,19,20). The van der Waals surface area contributed by atoms with Crippen molar-refractivity contribution in [2.75, 3.05) is 26.2 Å². The van der Waals surface area contributed by atoms with Crippen molar-refractivity contribution in [1.29, 1.82) is 0 Å². The van der Waals surface area contributed by atoms with Crippen LogP contribution >= 0.6 is 0 Å². The SMILES string of the molecule is Cc1nn(C)cc1C(=O)N1CCCN(C(=O)CCCc2cn[nH]c2)CC1. The van der Waals surface area contributed by atoms with Gasteiger partial charge in [-0.05, 0) is 31.7 Å². The fourth-order valence-corrected chi connectivity index (χ4v) is 3.37. The molecule has 140 valence electrons. The van der Waals surface area contributed by atoms with Crippen LogP contribution in [0.3, 0.4) is 0 Å². The Hall–Kier alpha value is -2.64. The summed E-state index contributed by atoms with van der Waals surface area (Å²) >= 11 is 0. The van der Waals surface area contributed by atoms with E-state index in [0.29, 0.717) is 38.2 Å². The number of aryl methyl sites for hydroxylation is 3. The molecule has 1 saturated heterocycles. The molecular formula is C18H26N6O2. The molecule has 0 aromatic carbocycles. The zero-order chi connectivity index (χ0) is 18.5. The first-order chi connectivity index (χ1) is 12.5. The predicted octanol–water partition coefficient (Wildman–Crippen LogP) is 1.15. The van der Waals surface area contributed by atoms with E-state index >= 15 is 0 Å². The minimum Gasteiger partial charge on any atom is -0.341 e. The summed E-state index contributed by atoms with van der Waals surface area (Å²) in [5.74, 6) is 0.171. The molecule has 2 aromatic rings. The van der Waals surface area contributed by atoms with Gasteiger partial charge in [0.05, 0.1) is 17.5 Å². The van der Waals surface area contributed by atoms with Crippen molar-refractivity contribution in [3.8, 4) is 0 Å². The van der Waals surface area contributed by atoms with Gasteiger partial charge in [-0.2, -0.15) is 10.2 Å². The lowest BCUT2D eigenvalue weighted by Gasteiger charge is -2.22. The summed E-state index contributed by atoms with van der Waals surface area (Å²) in [6, 6.07) is 0. The van der Waals surface area contributed by atoms with Gasteiger partial charge in [0.15, 0.2) is 0 Å². The van der Waals surface area contributed by atoms with E-state index in [4.69, 9.17) is 0 Å². The van der Waals surface area contributed by atoms with Gasteiger partial charge in [0.25, 0.3) is 5.91 Å². The van der Waals surface area contributed by atoms with Crippen LogP contribution in [0.2, 0.25) is 0 Å². The Kier molecular flexibility index (Phi) is 5.70. The third-order valence-corrected chi connectivity index (χ3v) is 4.79. The molecule has 0 unspecified atom stereocenters. The Labute approximate surface area is 153 Å². The van der Waals surface area contributed by atoms with Crippen molar-refractivity contribution < 1.29 is 9.59 Å². The topological polar surface area (TPSA) is 87.1 Å². The van der Waals surface area contributed by atoms with Gasteiger partial charge in [0, 0.05) is 52.0 Å². The molecule has 3 rings (SSSR count). The van der Waals surface area contributed by atoms with Crippen LogP contribution < -0.4 is 0 Å². The van der Waals surface area contributed by atoms with Crippen LogP contribution in [-0.2, 0) is 18.3 Å². The van der Waals surface area contributed by atoms with Crippen molar-refractivity contribution in [3.63, 3.8) is 0 Å². The van der Waals surface area contributed by atoms with E-state index in [1.807, 2.05) is 30.0 Å². The molecule has 0 spiro atoms. The average Bonchev–Trinajstić information content (AvgIpc) is 3.16. The molecule has 2 aromatic heterocycles. The lowest BCUT2D eigenvalue weighted by molar-refractivity contribution is -0.131. The quantitative estimate of drug-likeness (QED) is 0.868. The van der Waals surface area contributed by atoms with Crippen molar-refractivity contribution in [1.82, 2.24) is 29.8 Å². The Morgan fingerprint density at radius 3 is 2.65 bits per heavy atom. The third kappa shape index (κ3) is 4.30. The Balaban J connectivity index is 1.50. The van der Waals surface area contributed by atoms with Crippen LogP contribution in [0.5, 0.6) is 0 Å². The van der Waals surface area contributed by atoms with Gasteiger partial charge in [-0.3, -0.25) is 19.4 Å². The number of hydrogen-bond donors (Lipinski definition) is 1. The fraction of sp³-hybridized carbons (Fsp3) is 0.556. The van der Waals surface area contributed by atoms with Gasteiger partial charge < -0.3 is 9.80 Å². The predicted molar refractivity (Wildman–Crippen MR) is 96.6 cm³/mol. The van der Waals surface area contributed by atoms with Crippen LogP contribution in [0, 0.1) is 6.92 Å². The minimum absolute atomic E-state index is 0.00450. The summed E-state index contributed by atoms with van der Waals surface area (Å²) in [6.45, 7) is 4.39. The van der Waals surface area contributed by atoms with E-state index in [1.165, 1.54) is 0 Å². The molecular weight excluding hydrogens is 332 g/mol. The summed E-state index contributed by atoms with van der Waals surface area (Å²) in [4.78, 5) is 28.9. The molecule has 0 atom stereocenters. The van der Waals surface area contributed by atoms with Crippen LogP contribution in [0.15, 0.2) is 18.6 Å². The molecule has 0 saturated carbocycles. The average molecular weight is 358 g/mol. The Morgan fingerprint density at radius 2 is 1.96 bits per heavy atom. The van der Waals surface area contributed by atoms with E-state index in [9.17, 15) is 9.59 Å². The maximum absolute atomic E-state index is 12.7. The molecule has 0 bridgehead atoms. The van der Waals surface area contributed by atoms with Gasteiger partial charge in [-0.1, -0.05) is 0 Å². The number of carbonyl (C=O) groups excluding carboxylic acids is 2. The van der Waals surface area contributed by atoms with Crippen LogP contribution in [-0.4, -0.2) is 67.8 Å². The van der Waals surface area contributed by atoms with Gasteiger partial charge >= 0.3 is 0 Å². The normalized spacial score (nSPS) is 15.2. The number of carbonyl (C=O) groups is 2. The summed E-state index contributed by atoms with van der Waals surface area (Å²) in [5, 5.41) is 10.9. The van der Waals surface area contributed by atoms with Gasteiger partial charge in [-0.25, -0.2) is 0 Å². The maximum Gasteiger partial charge on any atom is 0.257 e. The lowest BCUT2D eigenvalue weighted by atomic mass is 10.1. The van der Waals surface area contributed by atoms with Crippen LogP contribution in [0.1, 0.15) is 40.9 Å². The molecule has 2 amide bonds. The van der Waals surface area contributed by atoms with Crippen molar-refractivity contribution >= 4 is 11.8 Å². The van der Waals surface area contributed by atoms with Gasteiger partial charge in [0.1, 0.15) is 0 Å². The van der Waals surface area contributed by atoms with Gasteiger partial charge in [0.2, 0.25) is 5.91 Å². The highest BCUT2D eigenvalue weighted by molar-refractivity contribution is 5.95. The number of nitrogens with zero attached hydrogens (tertiary/aromatic N) is 5. The highest BCUT2D eigenvalue weighted by Gasteiger charge is 2.24. The second kappa shape index (κ2) is 8.16. The molecule has 26 heavy (non-hydrogen) atoms. The maximum atomic E-state index is 12.7. The highest BCUT2D eigenvalue weighted by atomic mass is 16.2. The van der Waals surface area contributed by atoms with E-state index in [2.05, 4.69) is 15.3 Å². The number of H-pyrrole nitrogens is 1. The largest absolute Gasteiger partial charge is 0.341 e. The first kappa shape index (κ1) is 18.2. The smallest absolute Gasteiger partial charge is 0.257 e.